The molecule has 2 amide bonds. The van der Waals surface area contributed by atoms with Gasteiger partial charge in [-0.15, -0.1) is 0 Å². The molecular weight excluding hydrogens is 410 g/mol. The molecule has 0 radical (unpaired) electrons. The maximum absolute atomic E-state index is 12.9. The van der Waals surface area contributed by atoms with Gasteiger partial charge in [-0.2, -0.15) is 5.10 Å². The first-order chi connectivity index (χ1) is 15.5. The molecule has 1 heterocycles. The average Bonchev–Trinajstić information content (AvgIpc) is 3.15. The van der Waals surface area contributed by atoms with Gasteiger partial charge in [0.25, 0.3) is 11.8 Å². The Hall–Kier alpha value is -4.07. The van der Waals surface area contributed by atoms with Crippen LogP contribution in [0.2, 0.25) is 0 Å². The van der Waals surface area contributed by atoms with E-state index in [1.165, 1.54) is 24.3 Å². The molecule has 0 spiro atoms. The molecule has 0 aliphatic heterocycles. The number of rotatable bonds is 5. The summed E-state index contributed by atoms with van der Waals surface area (Å²) < 4.78 is 11.1. The van der Waals surface area contributed by atoms with E-state index >= 15 is 0 Å². The number of phenols is 1. The number of fused-ring (bicyclic) bond motifs is 1. The molecule has 1 aliphatic carbocycles. The Labute approximate surface area is 184 Å². The fraction of sp³-hybridized carbons (Fsp3) is 0.208. The van der Waals surface area contributed by atoms with E-state index in [1.54, 1.807) is 31.4 Å². The third kappa shape index (κ3) is 4.34. The number of nitrogens with zero attached hydrogens (tertiary/aromatic N) is 1. The molecule has 4 rings (SSSR count). The third-order valence-electron chi connectivity index (χ3n) is 5.28. The van der Waals surface area contributed by atoms with Gasteiger partial charge in [-0.25, -0.2) is 5.43 Å². The number of hydrogen-bond acceptors (Lipinski definition) is 6. The predicted octanol–water partition coefficient (Wildman–Crippen LogP) is 4.02. The minimum absolute atomic E-state index is 0.0820. The van der Waals surface area contributed by atoms with E-state index in [2.05, 4.69) is 15.8 Å². The minimum Gasteiger partial charge on any atom is -0.508 e. The van der Waals surface area contributed by atoms with E-state index in [4.69, 9.17) is 9.15 Å². The van der Waals surface area contributed by atoms with Crippen molar-refractivity contribution < 1.29 is 23.8 Å². The molecule has 3 aromatic rings. The number of methoxy groups -OCH3 is 1. The van der Waals surface area contributed by atoms with Gasteiger partial charge in [-0.3, -0.25) is 9.59 Å². The summed E-state index contributed by atoms with van der Waals surface area (Å²) >= 11 is 0. The van der Waals surface area contributed by atoms with Gasteiger partial charge in [0.05, 0.1) is 12.8 Å². The van der Waals surface area contributed by atoms with Crippen LogP contribution >= 0.6 is 0 Å². The quantitative estimate of drug-likeness (QED) is 0.526. The van der Waals surface area contributed by atoms with Crippen molar-refractivity contribution in [3.8, 4) is 11.5 Å². The fourth-order valence-electron chi connectivity index (χ4n) is 3.68. The molecular formula is C24H23N3O5. The summed E-state index contributed by atoms with van der Waals surface area (Å²) in [5, 5.41) is 16.5. The molecule has 1 aromatic heterocycles. The number of benzene rings is 2. The van der Waals surface area contributed by atoms with E-state index in [0.717, 1.165) is 12.0 Å². The fourth-order valence-corrected chi connectivity index (χ4v) is 3.68. The number of nitrogens with one attached hydrogen (secondary N) is 2. The Bertz CT molecular complexity index is 1190. The topological polar surface area (TPSA) is 113 Å². The van der Waals surface area contributed by atoms with Gasteiger partial charge in [0.15, 0.2) is 5.76 Å². The summed E-state index contributed by atoms with van der Waals surface area (Å²) in [7, 11) is 1.56. The highest BCUT2D eigenvalue weighted by Crippen LogP contribution is 2.30. The molecule has 2 aromatic carbocycles. The van der Waals surface area contributed by atoms with E-state index in [9.17, 15) is 14.7 Å². The second-order valence-corrected chi connectivity index (χ2v) is 7.44. The van der Waals surface area contributed by atoms with Crippen molar-refractivity contribution in [2.24, 2.45) is 5.10 Å². The van der Waals surface area contributed by atoms with E-state index in [0.29, 0.717) is 46.9 Å². The normalized spacial score (nSPS) is 14.0. The summed E-state index contributed by atoms with van der Waals surface area (Å²) in [6.07, 6.45) is 2.14. The van der Waals surface area contributed by atoms with E-state index in [-0.39, 0.29) is 23.3 Å². The van der Waals surface area contributed by atoms with Crippen LogP contribution in [-0.2, 0) is 6.42 Å². The van der Waals surface area contributed by atoms with E-state index in [1.807, 2.05) is 6.92 Å². The molecule has 0 saturated heterocycles. The molecule has 3 N–H and O–H groups in total. The second kappa shape index (κ2) is 8.97. The van der Waals surface area contributed by atoms with Crippen molar-refractivity contribution in [1.29, 1.82) is 0 Å². The zero-order chi connectivity index (χ0) is 22.7. The molecule has 32 heavy (non-hydrogen) atoms. The molecule has 8 nitrogen and oxygen atoms in total. The Morgan fingerprint density at radius 1 is 1.09 bits per heavy atom. The van der Waals surface area contributed by atoms with Crippen LogP contribution in [0, 0.1) is 6.92 Å². The van der Waals surface area contributed by atoms with Gasteiger partial charge in [0, 0.05) is 34.9 Å². The van der Waals surface area contributed by atoms with Crippen LogP contribution in [0.25, 0.3) is 0 Å². The zero-order valence-electron chi connectivity index (χ0n) is 17.8. The first-order valence-corrected chi connectivity index (χ1v) is 10.2. The number of ether oxygens (including phenoxy) is 1. The van der Waals surface area contributed by atoms with Crippen molar-refractivity contribution in [2.45, 2.75) is 26.2 Å². The number of anilines is 1. The monoisotopic (exact) mass is 433 g/mol. The minimum atomic E-state index is -0.387. The Kier molecular flexibility index (Phi) is 5.93. The SMILES string of the molecule is COc1cccc(NC(=O)c2oc3c(c2C)/C(=N/NC(=O)c2ccc(O)cc2)CCC3)c1. The van der Waals surface area contributed by atoms with Crippen LogP contribution in [-0.4, -0.2) is 29.7 Å². The van der Waals surface area contributed by atoms with Gasteiger partial charge in [-0.1, -0.05) is 6.07 Å². The first kappa shape index (κ1) is 21.2. The van der Waals surface area contributed by atoms with Crippen molar-refractivity contribution in [1.82, 2.24) is 5.43 Å². The lowest BCUT2D eigenvalue weighted by atomic mass is 9.93. The molecule has 0 fully saturated rings. The molecule has 8 heteroatoms. The highest BCUT2D eigenvalue weighted by Gasteiger charge is 2.28. The van der Waals surface area contributed by atoms with Crippen molar-refractivity contribution >= 4 is 23.2 Å². The van der Waals surface area contributed by atoms with Crippen molar-refractivity contribution in [3.63, 3.8) is 0 Å². The van der Waals surface area contributed by atoms with Crippen molar-refractivity contribution in [2.75, 3.05) is 12.4 Å². The van der Waals surface area contributed by atoms with Crippen LogP contribution in [0.15, 0.2) is 58.0 Å². The number of phenolic OH excluding ortho intramolecular Hbond substituents is 1. The van der Waals surface area contributed by atoms with Crippen LogP contribution in [0.3, 0.4) is 0 Å². The summed E-state index contributed by atoms with van der Waals surface area (Å²) in [5.41, 5.74) is 5.64. The standard InChI is InChI=1S/C24H23N3O5/c1-14-21-19(26-27-23(29)15-9-11-17(28)12-10-15)7-4-8-20(21)32-22(14)24(30)25-16-5-3-6-18(13-16)31-2/h3,5-6,9-13,28H,4,7-8H2,1-2H3,(H,25,30)(H,27,29)/b26-19+. The maximum Gasteiger partial charge on any atom is 0.291 e. The molecule has 0 atom stereocenters. The molecule has 164 valence electrons. The highest BCUT2D eigenvalue weighted by molar-refractivity contribution is 6.09. The van der Waals surface area contributed by atoms with Crippen LogP contribution in [0.4, 0.5) is 5.69 Å². The van der Waals surface area contributed by atoms with Crippen LogP contribution in [0.1, 0.15) is 50.6 Å². The van der Waals surface area contributed by atoms with Gasteiger partial charge in [0.1, 0.15) is 17.3 Å². The molecule has 0 saturated carbocycles. The second-order valence-electron chi connectivity index (χ2n) is 7.44. The summed E-state index contributed by atoms with van der Waals surface area (Å²) in [4.78, 5) is 25.2. The van der Waals surface area contributed by atoms with E-state index < -0.39 is 0 Å². The Morgan fingerprint density at radius 3 is 2.62 bits per heavy atom. The number of aryl methyl sites for hydroxylation is 1. The summed E-state index contributed by atoms with van der Waals surface area (Å²) in [6.45, 7) is 1.81. The molecule has 1 aliphatic rings. The summed E-state index contributed by atoms with van der Waals surface area (Å²) in [6, 6.07) is 13.0. The lowest BCUT2D eigenvalue weighted by Crippen LogP contribution is -2.22. The van der Waals surface area contributed by atoms with Crippen molar-refractivity contribution in [3.05, 3.63) is 76.7 Å². The lowest BCUT2D eigenvalue weighted by molar-refractivity contribution is 0.0953. The largest absolute Gasteiger partial charge is 0.508 e. The number of aromatic hydroxyl groups is 1. The average molecular weight is 433 g/mol. The van der Waals surface area contributed by atoms with Gasteiger partial charge >= 0.3 is 0 Å². The molecule has 0 unspecified atom stereocenters. The highest BCUT2D eigenvalue weighted by atomic mass is 16.5. The summed E-state index contributed by atoms with van der Waals surface area (Å²) in [5.74, 6) is 0.870. The van der Waals surface area contributed by atoms with Crippen LogP contribution in [0.5, 0.6) is 11.5 Å². The first-order valence-electron chi connectivity index (χ1n) is 10.2. The smallest absolute Gasteiger partial charge is 0.291 e. The number of hydrogen-bond donors (Lipinski definition) is 3. The third-order valence-corrected chi connectivity index (χ3v) is 5.28. The Morgan fingerprint density at radius 2 is 1.88 bits per heavy atom. The Balaban J connectivity index is 1.55. The van der Waals surface area contributed by atoms with Crippen LogP contribution < -0.4 is 15.5 Å². The number of hydrazone groups is 1. The number of carbonyl (C=O) groups excluding carboxylic acids is 2. The number of carbonyl (C=O) groups is 2. The van der Waals surface area contributed by atoms with Gasteiger partial charge in [-0.05, 0) is 56.2 Å². The zero-order valence-corrected chi connectivity index (χ0v) is 17.8. The number of amides is 2. The van der Waals surface area contributed by atoms with Gasteiger partial charge < -0.3 is 19.6 Å². The maximum atomic E-state index is 12.9. The van der Waals surface area contributed by atoms with Gasteiger partial charge in [0.2, 0.25) is 0 Å². The number of furan rings is 1. The molecule has 0 bridgehead atoms. The lowest BCUT2D eigenvalue weighted by Gasteiger charge is -2.13. The predicted molar refractivity (Wildman–Crippen MR) is 119 cm³/mol.